The third kappa shape index (κ3) is 6.23. The highest BCUT2D eigenvalue weighted by Gasteiger charge is 2.23. The summed E-state index contributed by atoms with van der Waals surface area (Å²) < 4.78 is 11.5. The van der Waals surface area contributed by atoms with Gasteiger partial charge in [0.2, 0.25) is 0 Å². The van der Waals surface area contributed by atoms with Gasteiger partial charge in [0.1, 0.15) is 11.2 Å². The van der Waals surface area contributed by atoms with Crippen LogP contribution in [0.1, 0.15) is 0 Å². The molecule has 0 saturated carbocycles. The summed E-state index contributed by atoms with van der Waals surface area (Å²) in [6, 6.07) is 83.3. The predicted octanol–water partition coefficient (Wildman–Crippen LogP) is 16.3. The Bertz CT molecular complexity index is 4210. The largest absolute Gasteiger partial charge is 0.455 e. The minimum atomic E-state index is 0.569. The Morgan fingerprint density at radius 2 is 0.681 bits per heavy atom. The Hall–Kier alpha value is -9.39. The van der Waals surface area contributed by atoms with E-state index in [1.807, 2.05) is 30.3 Å². The molecule has 0 spiro atoms. The average molecular weight is 882 g/mol. The molecule has 0 N–H and O–H groups in total. The molecular weight excluding hydrogens is 843 g/mol. The maximum atomic E-state index is 6.71. The molecule has 4 heterocycles. The van der Waals surface area contributed by atoms with Gasteiger partial charge >= 0.3 is 0 Å². The van der Waals surface area contributed by atoms with Gasteiger partial charge in [-0.05, 0) is 48.0 Å². The Kier molecular flexibility index (Phi) is 8.79. The van der Waals surface area contributed by atoms with Gasteiger partial charge in [0.15, 0.2) is 17.5 Å². The van der Waals surface area contributed by atoms with Gasteiger partial charge in [0, 0.05) is 65.7 Å². The van der Waals surface area contributed by atoms with Crippen molar-refractivity contribution in [3.05, 3.63) is 237 Å². The zero-order valence-electron chi connectivity index (χ0n) is 37.2. The molecule has 0 radical (unpaired) electrons. The number of hydrogen-bond acceptors (Lipinski definition) is 4. The van der Waals surface area contributed by atoms with Crippen LogP contribution in [-0.2, 0) is 0 Å². The normalized spacial score (nSPS) is 11.8. The van der Waals surface area contributed by atoms with Crippen LogP contribution in [0.25, 0.3) is 133 Å². The number of aromatic nitrogens is 5. The third-order valence-electron chi connectivity index (χ3n) is 13.6. The van der Waals surface area contributed by atoms with Gasteiger partial charge < -0.3 is 13.6 Å². The predicted molar refractivity (Wildman–Crippen MR) is 283 cm³/mol. The molecule has 322 valence electrons. The van der Waals surface area contributed by atoms with E-state index in [2.05, 4.69) is 215 Å². The van der Waals surface area contributed by atoms with Gasteiger partial charge in [0.25, 0.3) is 0 Å². The molecule has 14 rings (SSSR count). The standard InChI is InChI=1S/C63H39N5O/c1-3-18-40(19-4-1)44-36-34-42(38-57(44)67-53-29-12-7-22-45(53)46-23-8-13-30-54(46)67)62-64-61(41-20-5-2-6-21-41)65-63(66-62)43-35-37-49(51-27-17-28-52-50-26-11-16-33-59(50)69-60(51)52)58(39-43)68-55-31-14-9-24-47(55)48-25-10-15-32-56(48)68/h1-39H. The van der Waals surface area contributed by atoms with E-state index in [-0.39, 0.29) is 0 Å². The average Bonchev–Trinajstić information content (AvgIpc) is 4.09. The molecule has 0 aliphatic rings. The van der Waals surface area contributed by atoms with Gasteiger partial charge in [-0.2, -0.15) is 0 Å². The van der Waals surface area contributed by atoms with E-state index < -0.39 is 0 Å². The summed E-state index contributed by atoms with van der Waals surface area (Å²) in [5.41, 5.74) is 15.1. The van der Waals surface area contributed by atoms with Crippen molar-refractivity contribution in [2.75, 3.05) is 0 Å². The van der Waals surface area contributed by atoms with E-state index >= 15 is 0 Å². The van der Waals surface area contributed by atoms with Gasteiger partial charge in [-0.3, -0.25) is 0 Å². The van der Waals surface area contributed by atoms with Crippen molar-refractivity contribution in [1.29, 1.82) is 0 Å². The fraction of sp³-hybridized carbons (Fsp3) is 0. The van der Waals surface area contributed by atoms with Gasteiger partial charge in [0.05, 0.1) is 33.4 Å². The van der Waals surface area contributed by atoms with Gasteiger partial charge in [-0.25, -0.2) is 15.0 Å². The molecule has 0 bridgehead atoms. The summed E-state index contributed by atoms with van der Waals surface area (Å²) in [5.74, 6) is 1.74. The number of furan rings is 1. The highest BCUT2D eigenvalue weighted by Crippen LogP contribution is 2.43. The number of benzene rings is 10. The molecule has 0 saturated heterocycles. The van der Waals surface area contributed by atoms with Crippen molar-refractivity contribution in [1.82, 2.24) is 24.1 Å². The monoisotopic (exact) mass is 881 g/mol. The maximum absolute atomic E-state index is 6.71. The van der Waals surface area contributed by atoms with Crippen LogP contribution in [0.4, 0.5) is 0 Å². The molecule has 0 unspecified atom stereocenters. The molecular formula is C63H39N5O. The zero-order chi connectivity index (χ0) is 45.4. The first-order valence-electron chi connectivity index (χ1n) is 23.3. The number of hydrogen-bond donors (Lipinski definition) is 0. The number of rotatable bonds is 7. The number of nitrogens with zero attached hydrogens (tertiary/aromatic N) is 5. The Balaban J connectivity index is 1.03. The molecule has 0 atom stereocenters. The van der Waals surface area contributed by atoms with E-state index in [0.717, 1.165) is 94.3 Å². The van der Waals surface area contributed by atoms with Crippen LogP contribution in [0.15, 0.2) is 241 Å². The maximum Gasteiger partial charge on any atom is 0.164 e. The first-order valence-corrected chi connectivity index (χ1v) is 23.3. The highest BCUT2D eigenvalue weighted by molar-refractivity contribution is 6.13. The quantitative estimate of drug-likeness (QED) is 0.160. The molecule has 4 aromatic heterocycles. The Labute approximate surface area is 396 Å². The lowest BCUT2D eigenvalue weighted by Crippen LogP contribution is -2.03. The van der Waals surface area contributed by atoms with Crippen LogP contribution in [0.3, 0.4) is 0 Å². The van der Waals surface area contributed by atoms with Crippen molar-refractivity contribution in [2.45, 2.75) is 0 Å². The lowest BCUT2D eigenvalue weighted by molar-refractivity contribution is 0.670. The van der Waals surface area contributed by atoms with Crippen LogP contribution in [-0.4, -0.2) is 24.1 Å². The highest BCUT2D eigenvalue weighted by atomic mass is 16.3. The molecule has 10 aromatic carbocycles. The molecule has 6 nitrogen and oxygen atoms in total. The summed E-state index contributed by atoms with van der Waals surface area (Å²) in [5, 5.41) is 6.93. The smallest absolute Gasteiger partial charge is 0.164 e. The zero-order valence-corrected chi connectivity index (χ0v) is 37.2. The van der Waals surface area contributed by atoms with Crippen LogP contribution in [0.2, 0.25) is 0 Å². The molecule has 0 fully saturated rings. The number of para-hydroxylation sites is 6. The van der Waals surface area contributed by atoms with E-state index in [1.54, 1.807) is 0 Å². The fourth-order valence-corrected chi connectivity index (χ4v) is 10.5. The van der Waals surface area contributed by atoms with E-state index in [9.17, 15) is 0 Å². The Morgan fingerprint density at radius 1 is 0.275 bits per heavy atom. The van der Waals surface area contributed by atoms with Crippen LogP contribution < -0.4 is 0 Å². The second kappa shape index (κ2) is 15.6. The van der Waals surface area contributed by atoms with Crippen molar-refractivity contribution in [3.8, 4) is 67.8 Å². The van der Waals surface area contributed by atoms with Crippen molar-refractivity contribution < 1.29 is 4.42 Å². The summed E-state index contributed by atoms with van der Waals surface area (Å²) in [4.78, 5) is 16.0. The summed E-state index contributed by atoms with van der Waals surface area (Å²) in [7, 11) is 0. The molecule has 14 aromatic rings. The second-order valence-electron chi connectivity index (χ2n) is 17.5. The SMILES string of the molecule is c1ccc(-c2nc(-c3ccc(-c4ccccc4)c(-n4c5ccccc5c5ccccc54)c3)nc(-c3ccc(-c4cccc5c4oc4ccccc45)c(-n4c5ccccc5c5ccccc54)c3)n2)cc1. The minimum Gasteiger partial charge on any atom is -0.455 e. The molecule has 69 heavy (non-hydrogen) atoms. The van der Waals surface area contributed by atoms with Crippen molar-refractivity contribution >= 4 is 65.6 Å². The first-order chi connectivity index (χ1) is 34.2. The van der Waals surface area contributed by atoms with E-state index in [1.165, 1.54) is 21.5 Å². The topological polar surface area (TPSA) is 61.7 Å². The molecule has 0 aliphatic carbocycles. The van der Waals surface area contributed by atoms with Crippen LogP contribution >= 0.6 is 0 Å². The first kappa shape index (κ1) is 38.8. The third-order valence-corrected chi connectivity index (χ3v) is 13.6. The van der Waals surface area contributed by atoms with E-state index in [0.29, 0.717) is 17.5 Å². The Morgan fingerprint density at radius 3 is 1.22 bits per heavy atom. The number of fused-ring (bicyclic) bond motifs is 9. The lowest BCUT2D eigenvalue weighted by Gasteiger charge is -2.17. The van der Waals surface area contributed by atoms with Crippen molar-refractivity contribution in [3.63, 3.8) is 0 Å². The minimum absolute atomic E-state index is 0.569. The second-order valence-corrected chi connectivity index (χ2v) is 17.5. The van der Waals surface area contributed by atoms with Crippen LogP contribution in [0, 0.1) is 0 Å². The molecule has 0 aliphatic heterocycles. The van der Waals surface area contributed by atoms with Crippen molar-refractivity contribution in [2.24, 2.45) is 0 Å². The summed E-state index contributed by atoms with van der Waals surface area (Å²) in [6.45, 7) is 0. The fourth-order valence-electron chi connectivity index (χ4n) is 10.5. The van der Waals surface area contributed by atoms with E-state index in [4.69, 9.17) is 19.4 Å². The molecule has 6 heteroatoms. The van der Waals surface area contributed by atoms with Gasteiger partial charge in [-0.15, -0.1) is 0 Å². The van der Waals surface area contributed by atoms with Gasteiger partial charge in [-0.1, -0.05) is 194 Å². The summed E-state index contributed by atoms with van der Waals surface area (Å²) in [6.07, 6.45) is 0. The lowest BCUT2D eigenvalue weighted by atomic mass is 9.98. The molecule has 0 amide bonds. The summed E-state index contributed by atoms with van der Waals surface area (Å²) >= 11 is 0. The van der Waals surface area contributed by atoms with Crippen LogP contribution in [0.5, 0.6) is 0 Å².